The quantitative estimate of drug-likeness (QED) is 0.372. The standard InChI is InChI=1S/C17H34N6O2S/c1-8-26(24,25)22(6)11-9-10-19-17(18-5)20-13(2)12-16-14(3)21-23(7)15(16)4/h13H,8-12H2,1-7H3,(H2,18,19,20). The van der Waals surface area contributed by atoms with E-state index in [4.69, 9.17) is 0 Å². The van der Waals surface area contributed by atoms with Crippen LogP contribution in [0.5, 0.6) is 0 Å². The third-order valence-electron chi connectivity index (χ3n) is 4.56. The van der Waals surface area contributed by atoms with Crippen LogP contribution < -0.4 is 10.6 Å². The van der Waals surface area contributed by atoms with Crippen molar-refractivity contribution in [3.63, 3.8) is 0 Å². The average molecular weight is 387 g/mol. The number of hydrogen-bond acceptors (Lipinski definition) is 4. The van der Waals surface area contributed by atoms with Crippen LogP contribution in [-0.2, 0) is 23.5 Å². The second-order valence-electron chi connectivity index (χ2n) is 6.60. The summed E-state index contributed by atoms with van der Waals surface area (Å²) in [5, 5.41) is 11.1. The predicted octanol–water partition coefficient (Wildman–Crippen LogP) is 0.805. The molecule has 2 N–H and O–H groups in total. The van der Waals surface area contributed by atoms with Crippen molar-refractivity contribution in [2.24, 2.45) is 12.0 Å². The second kappa shape index (κ2) is 9.91. The molecule has 0 radical (unpaired) electrons. The number of aryl methyl sites for hydroxylation is 2. The molecule has 0 saturated carbocycles. The van der Waals surface area contributed by atoms with E-state index in [1.165, 1.54) is 15.6 Å². The molecule has 0 aromatic carbocycles. The summed E-state index contributed by atoms with van der Waals surface area (Å²) in [6, 6.07) is 0.200. The molecule has 0 aliphatic carbocycles. The zero-order valence-electron chi connectivity index (χ0n) is 17.1. The van der Waals surface area contributed by atoms with Gasteiger partial charge in [-0.05, 0) is 46.1 Å². The minimum absolute atomic E-state index is 0.130. The van der Waals surface area contributed by atoms with Gasteiger partial charge >= 0.3 is 0 Å². The minimum Gasteiger partial charge on any atom is -0.356 e. The van der Waals surface area contributed by atoms with Crippen molar-refractivity contribution in [1.29, 1.82) is 0 Å². The Hall–Kier alpha value is -1.61. The maximum atomic E-state index is 11.7. The molecule has 1 rings (SSSR count). The van der Waals surface area contributed by atoms with E-state index in [-0.39, 0.29) is 11.8 Å². The molecule has 0 aliphatic heterocycles. The minimum atomic E-state index is -3.11. The third kappa shape index (κ3) is 6.28. The van der Waals surface area contributed by atoms with Gasteiger partial charge in [-0.25, -0.2) is 12.7 Å². The van der Waals surface area contributed by atoms with Crippen LogP contribution in [0.2, 0.25) is 0 Å². The highest BCUT2D eigenvalue weighted by atomic mass is 32.2. The molecule has 1 heterocycles. The fourth-order valence-corrected chi connectivity index (χ4v) is 3.61. The maximum Gasteiger partial charge on any atom is 0.213 e. The fourth-order valence-electron chi connectivity index (χ4n) is 2.77. The van der Waals surface area contributed by atoms with Crippen LogP contribution in [-0.4, -0.2) is 67.4 Å². The summed E-state index contributed by atoms with van der Waals surface area (Å²) >= 11 is 0. The Bertz CT molecular complexity index is 711. The molecule has 0 bridgehead atoms. The lowest BCUT2D eigenvalue weighted by Gasteiger charge is -2.19. The Labute approximate surface area is 158 Å². The number of guanidine groups is 1. The van der Waals surface area contributed by atoms with E-state index in [1.54, 1.807) is 21.0 Å². The molecule has 9 heteroatoms. The van der Waals surface area contributed by atoms with Crippen LogP contribution in [0.25, 0.3) is 0 Å². The predicted molar refractivity (Wildman–Crippen MR) is 107 cm³/mol. The largest absolute Gasteiger partial charge is 0.356 e. The molecule has 1 aromatic rings. The van der Waals surface area contributed by atoms with Gasteiger partial charge in [0.2, 0.25) is 10.0 Å². The zero-order chi connectivity index (χ0) is 19.9. The molecule has 0 aliphatic rings. The lowest BCUT2D eigenvalue weighted by Crippen LogP contribution is -2.44. The number of aliphatic imine (C=N–C) groups is 1. The van der Waals surface area contributed by atoms with Crippen molar-refractivity contribution < 1.29 is 8.42 Å². The topological polar surface area (TPSA) is 91.6 Å². The number of hydrogen-bond donors (Lipinski definition) is 2. The molecule has 1 unspecified atom stereocenters. The second-order valence-corrected chi connectivity index (χ2v) is 8.96. The SMILES string of the molecule is CCS(=O)(=O)N(C)CCCNC(=NC)NC(C)Cc1c(C)nn(C)c1C. The average Bonchev–Trinajstić information content (AvgIpc) is 2.83. The van der Waals surface area contributed by atoms with Gasteiger partial charge in [0, 0.05) is 46.0 Å². The number of nitrogens with one attached hydrogen (secondary N) is 2. The van der Waals surface area contributed by atoms with Crippen LogP contribution in [0.15, 0.2) is 4.99 Å². The van der Waals surface area contributed by atoms with Crippen molar-refractivity contribution in [2.45, 2.75) is 46.6 Å². The van der Waals surface area contributed by atoms with Gasteiger partial charge in [0.05, 0.1) is 11.4 Å². The summed E-state index contributed by atoms with van der Waals surface area (Å²) in [4.78, 5) is 4.24. The zero-order valence-corrected chi connectivity index (χ0v) is 17.9. The van der Waals surface area contributed by atoms with Gasteiger partial charge in [0.1, 0.15) is 0 Å². The molecule has 26 heavy (non-hydrogen) atoms. The lowest BCUT2D eigenvalue weighted by atomic mass is 10.1. The number of nitrogens with zero attached hydrogens (tertiary/aromatic N) is 4. The van der Waals surface area contributed by atoms with Crippen LogP contribution >= 0.6 is 0 Å². The number of rotatable bonds is 9. The summed E-state index contributed by atoms with van der Waals surface area (Å²) in [5.74, 6) is 0.850. The first-order chi connectivity index (χ1) is 12.1. The van der Waals surface area contributed by atoms with Crippen LogP contribution in [0, 0.1) is 13.8 Å². The van der Waals surface area contributed by atoms with E-state index in [0.717, 1.165) is 18.1 Å². The van der Waals surface area contributed by atoms with Crippen molar-refractivity contribution in [2.75, 3.05) is 32.9 Å². The maximum absolute atomic E-state index is 11.7. The van der Waals surface area contributed by atoms with E-state index in [2.05, 4.69) is 34.6 Å². The lowest BCUT2D eigenvalue weighted by molar-refractivity contribution is 0.461. The van der Waals surface area contributed by atoms with E-state index in [0.29, 0.717) is 19.5 Å². The summed E-state index contributed by atoms with van der Waals surface area (Å²) in [6.45, 7) is 9.02. The highest BCUT2D eigenvalue weighted by molar-refractivity contribution is 7.89. The molecule has 1 aromatic heterocycles. The molecule has 0 saturated heterocycles. The van der Waals surface area contributed by atoms with E-state index in [1.807, 2.05) is 18.7 Å². The highest BCUT2D eigenvalue weighted by Gasteiger charge is 2.15. The van der Waals surface area contributed by atoms with Crippen molar-refractivity contribution in [3.05, 3.63) is 17.0 Å². The Morgan fingerprint density at radius 1 is 1.38 bits per heavy atom. The summed E-state index contributed by atoms with van der Waals surface area (Å²) in [7, 11) is 2.20. The number of sulfonamides is 1. The Kier molecular flexibility index (Phi) is 8.55. The van der Waals surface area contributed by atoms with Gasteiger partial charge < -0.3 is 10.6 Å². The van der Waals surface area contributed by atoms with Crippen molar-refractivity contribution in [1.82, 2.24) is 24.7 Å². The first kappa shape index (κ1) is 22.4. The van der Waals surface area contributed by atoms with Crippen LogP contribution in [0.1, 0.15) is 37.2 Å². The molecule has 8 nitrogen and oxygen atoms in total. The first-order valence-corrected chi connectivity index (χ1v) is 10.6. The Balaban J connectivity index is 2.45. The molecular weight excluding hydrogens is 352 g/mol. The summed E-state index contributed by atoms with van der Waals surface area (Å²) < 4.78 is 26.8. The normalized spacial score (nSPS) is 13.9. The van der Waals surface area contributed by atoms with Gasteiger partial charge in [-0.3, -0.25) is 9.67 Å². The van der Waals surface area contributed by atoms with Gasteiger partial charge in [-0.15, -0.1) is 0 Å². The van der Waals surface area contributed by atoms with E-state index < -0.39 is 10.0 Å². The first-order valence-electron chi connectivity index (χ1n) is 9.02. The van der Waals surface area contributed by atoms with Crippen LogP contribution in [0.3, 0.4) is 0 Å². The van der Waals surface area contributed by atoms with Gasteiger partial charge in [-0.1, -0.05) is 0 Å². The molecule has 150 valence electrons. The van der Waals surface area contributed by atoms with Crippen molar-refractivity contribution >= 4 is 16.0 Å². The van der Waals surface area contributed by atoms with E-state index in [9.17, 15) is 8.42 Å². The molecule has 0 amide bonds. The van der Waals surface area contributed by atoms with Gasteiger partial charge in [0.25, 0.3) is 0 Å². The van der Waals surface area contributed by atoms with E-state index >= 15 is 0 Å². The van der Waals surface area contributed by atoms with Gasteiger partial charge in [-0.2, -0.15) is 5.10 Å². The Morgan fingerprint density at radius 3 is 2.54 bits per heavy atom. The summed E-state index contributed by atoms with van der Waals surface area (Å²) in [5.41, 5.74) is 3.50. The highest BCUT2D eigenvalue weighted by Crippen LogP contribution is 2.14. The fraction of sp³-hybridized carbons (Fsp3) is 0.765. The van der Waals surface area contributed by atoms with Crippen molar-refractivity contribution in [3.8, 4) is 0 Å². The molecule has 1 atom stereocenters. The smallest absolute Gasteiger partial charge is 0.213 e. The third-order valence-corrected chi connectivity index (χ3v) is 6.42. The summed E-state index contributed by atoms with van der Waals surface area (Å²) in [6.07, 6.45) is 1.58. The Morgan fingerprint density at radius 2 is 2.04 bits per heavy atom. The van der Waals surface area contributed by atoms with Crippen LogP contribution in [0.4, 0.5) is 0 Å². The molecule has 0 spiro atoms. The van der Waals surface area contributed by atoms with Gasteiger partial charge in [0.15, 0.2) is 5.96 Å². The molecular formula is C17H34N6O2S. The molecule has 0 fully saturated rings. The number of aromatic nitrogens is 2. The monoisotopic (exact) mass is 386 g/mol.